The van der Waals surface area contributed by atoms with Gasteiger partial charge >= 0.3 is 0 Å². The van der Waals surface area contributed by atoms with Crippen LogP contribution in [0.3, 0.4) is 0 Å². The summed E-state index contributed by atoms with van der Waals surface area (Å²) < 4.78 is 37.7. The van der Waals surface area contributed by atoms with Crippen LogP contribution >= 0.6 is 0 Å². The van der Waals surface area contributed by atoms with E-state index in [0.717, 1.165) is 18.4 Å². The van der Waals surface area contributed by atoms with Gasteiger partial charge in [-0.05, 0) is 48.4 Å². The lowest BCUT2D eigenvalue weighted by Crippen LogP contribution is -2.24. The van der Waals surface area contributed by atoms with E-state index < -0.39 is 10.0 Å². The number of nitrogens with zero attached hydrogens (tertiary/aromatic N) is 2. The van der Waals surface area contributed by atoms with E-state index in [9.17, 15) is 13.2 Å². The number of sulfonamides is 1. The normalized spacial score (nSPS) is 11.5. The summed E-state index contributed by atoms with van der Waals surface area (Å²) >= 11 is 0. The van der Waals surface area contributed by atoms with Gasteiger partial charge in [0.1, 0.15) is 5.75 Å². The monoisotopic (exact) mass is 486 g/mol. The Bertz CT molecular complexity index is 1170. The molecule has 0 radical (unpaired) electrons. The lowest BCUT2D eigenvalue weighted by atomic mass is 10.1. The van der Waals surface area contributed by atoms with Crippen molar-refractivity contribution in [1.82, 2.24) is 14.9 Å². The zero-order chi connectivity index (χ0) is 24.6. The van der Waals surface area contributed by atoms with Crippen LogP contribution in [0.2, 0.25) is 0 Å². The highest BCUT2D eigenvalue weighted by Crippen LogP contribution is 2.17. The van der Waals surface area contributed by atoms with Gasteiger partial charge in [0.15, 0.2) is 12.4 Å². The summed E-state index contributed by atoms with van der Waals surface area (Å²) in [7, 11) is -3.55. The first-order chi connectivity index (χ1) is 16.3. The van der Waals surface area contributed by atoms with E-state index in [1.165, 1.54) is 24.3 Å². The second-order valence-corrected chi connectivity index (χ2v) is 9.90. The van der Waals surface area contributed by atoms with Crippen LogP contribution in [0.25, 0.3) is 0 Å². The molecule has 10 heteroatoms. The Labute approximate surface area is 200 Å². The highest BCUT2D eigenvalue weighted by Gasteiger charge is 2.14. The maximum Gasteiger partial charge on any atom is 0.262 e. The molecule has 0 unspecified atom stereocenters. The lowest BCUT2D eigenvalue weighted by Gasteiger charge is -2.09. The zero-order valence-corrected chi connectivity index (χ0v) is 20.4. The summed E-state index contributed by atoms with van der Waals surface area (Å²) in [5.74, 6) is 1.48. The van der Waals surface area contributed by atoms with Crippen LogP contribution < -0.4 is 14.8 Å². The van der Waals surface area contributed by atoms with Crippen molar-refractivity contribution in [3.05, 3.63) is 65.8 Å². The van der Waals surface area contributed by atoms with Crippen LogP contribution in [0.4, 0.5) is 5.69 Å². The number of hydrogen-bond acceptors (Lipinski definition) is 7. The fourth-order valence-corrected chi connectivity index (χ4v) is 4.06. The Morgan fingerprint density at radius 2 is 1.79 bits per heavy atom. The third-order valence-electron chi connectivity index (χ3n) is 4.90. The molecule has 1 heterocycles. The number of nitrogens with one attached hydrogen (secondary N) is 2. The topological polar surface area (TPSA) is 123 Å². The van der Waals surface area contributed by atoms with E-state index in [1.54, 1.807) is 12.1 Å². The molecule has 0 saturated heterocycles. The molecule has 0 aliphatic carbocycles. The first-order valence-electron chi connectivity index (χ1n) is 11.2. The minimum Gasteiger partial charge on any atom is -0.484 e. The number of carbonyl (C=O) groups excluding carboxylic acids is 1. The molecule has 0 aliphatic heterocycles. The first-order valence-corrected chi connectivity index (χ1v) is 12.7. The molecule has 9 nitrogen and oxygen atoms in total. The van der Waals surface area contributed by atoms with Gasteiger partial charge in [0.05, 0.1) is 4.90 Å². The van der Waals surface area contributed by atoms with Crippen molar-refractivity contribution in [3.8, 4) is 5.75 Å². The Balaban J connectivity index is 1.47. The summed E-state index contributed by atoms with van der Waals surface area (Å²) in [6, 6.07) is 13.3. The van der Waals surface area contributed by atoms with Gasteiger partial charge in [-0.25, -0.2) is 13.1 Å². The predicted molar refractivity (Wildman–Crippen MR) is 128 cm³/mol. The van der Waals surface area contributed by atoms with E-state index in [2.05, 4.69) is 20.2 Å². The van der Waals surface area contributed by atoms with Gasteiger partial charge in [0, 0.05) is 24.6 Å². The Hall–Kier alpha value is -3.24. The molecular formula is C24H30N4O5S. The van der Waals surface area contributed by atoms with E-state index in [-0.39, 0.29) is 23.3 Å². The number of benzene rings is 2. The van der Waals surface area contributed by atoms with Gasteiger partial charge in [-0.1, -0.05) is 44.5 Å². The number of hydrogen-bond donors (Lipinski definition) is 2. The number of anilines is 1. The minimum absolute atomic E-state index is 0.154. The molecule has 3 aromatic rings. The third kappa shape index (κ3) is 7.39. The molecule has 34 heavy (non-hydrogen) atoms. The quantitative estimate of drug-likeness (QED) is 0.372. The van der Waals surface area contributed by atoms with Crippen LogP contribution in [-0.2, 0) is 21.2 Å². The van der Waals surface area contributed by atoms with E-state index >= 15 is 0 Å². The Morgan fingerprint density at radius 1 is 1.09 bits per heavy atom. The molecule has 3 rings (SSSR count). The first kappa shape index (κ1) is 25.4. The van der Waals surface area contributed by atoms with Crippen molar-refractivity contribution >= 4 is 21.6 Å². The largest absolute Gasteiger partial charge is 0.484 e. The molecule has 1 amide bonds. The van der Waals surface area contributed by atoms with Crippen molar-refractivity contribution in [2.75, 3.05) is 18.5 Å². The van der Waals surface area contributed by atoms with Crippen LogP contribution in [0.1, 0.15) is 56.8 Å². The average molecular weight is 487 g/mol. The smallest absolute Gasteiger partial charge is 0.262 e. The van der Waals surface area contributed by atoms with Gasteiger partial charge in [-0.15, -0.1) is 0 Å². The third-order valence-corrected chi connectivity index (χ3v) is 6.38. The molecule has 0 aliphatic rings. The van der Waals surface area contributed by atoms with Crippen LogP contribution in [0, 0.1) is 0 Å². The molecule has 0 fully saturated rings. The summed E-state index contributed by atoms with van der Waals surface area (Å²) in [4.78, 5) is 16.7. The molecule has 0 atom stereocenters. The molecule has 182 valence electrons. The Kier molecular flexibility index (Phi) is 8.78. The predicted octanol–water partition coefficient (Wildman–Crippen LogP) is 3.88. The zero-order valence-electron chi connectivity index (χ0n) is 19.6. The van der Waals surface area contributed by atoms with Gasteiger partial charge in [-0.2, -0.15) is 4.98 Å². The number of unbranched alkanes of at least 4 members (excludes halogenated alkanes) is 1. The van der Waals surface area contributed by atoms with Crippen molar-refractivity contribution in [2.45, 2.75) is 50.8 Å². The van der Waals surface area contributed by atoms with Crippen molar-refractivity contribution in [3.63, 3.8) is 0 Å². The Morgan fingerprint density at radius 3 is 2.41 bits per heavy atom. The fourth-order valence-electron chi connectivity index (χ4n) is 2.99. The van der Waals surface area contributed by atoms with Crippen molar-refractivity contribution in [2.24, 2.45) is 0 Å². The summed E-state index contributed by atoms with van der Waals surface area (Å²) in [6.07, 6.45) is 2.21. The van der Waals surface area contributed by atoms with Gasteiger partial charge in [0.25, 0.3) is 5.91 Å². The minimum atomic E-state index is -3.55. The molecular weight excluding hydrogens is 456 g/mol. The molecule has 0 spiro atoms. The van der Waals surface area contributed by atoms with Crippen molar-refractivity contribution in [1.29, 1.82) is 0 Å². The number of ether oxygens (including phenoxy) is 1. The number of amides is 1. The molecule has 0 saturated carbocycles. The number of rotatable bonds is 12. The fraction of sp³-hybridized carbons (Fsp3) is 0.375. The van der Waals surface area contributed by atoms with Crippen LogP contribution in [-0.4, -0.2) is 37.6 Å². The SMILES string of the molecule is CCCCNS(=O)(=O)c1ccc(OCC(=O)Nc2ccc(Cc3noc(C(C)C)n3)cc2)cc1. The summed E-state index contributed by atoms with van der Waals surface area (Å²) in [5, 5.41) is 6.75. The average Bonchev–Trinajstić information content (AvgIpc) is 3.28. The maximum atomic E-state index is 12.2. The van der Waals surface area contributed by atoms with Gasteiger partial charge in [0.2, 0.25) is 15.9 Å². The second-order valence-electron chi connectivity index (χ2n) is 8.14. The molecule has 2 N–H and O–H groups in total. The van der Waals surface area contributed by atoms with Crippen molar-refractivity contribution < 1.29 is 22.5 Å². The van der Waals surface area contributed by atoms with Gasteiger partial charge < -0.3 is 14.6 Å². The maximum absolute atomic E-state index is 12.2. The molecule has 0 bridgehead atoms. The van der Waals surface area contributed by atoms with Gasteiger partial charge in [-0.3, -0.25) is 4.79 Å². The van der Waals surface area contributed by atoms with Crippen LogP contribution in [0.15, 0.2) is 57.9 Å². The standard InChI is InChI=1S/C24H30N4O5S/c1-4-5-14-25-34(30,31)21-12-10-20(11-13-21)32-16-23(29)26-19-8-6-18(7-9-19)15-22-27-24(17(2)3)33-28-22/h6-13,17,25H,4-5,14-16H2,1-3H3,(H,26,29). The van der Waals surface area contributed by atoms with Crippen LogP contribution in [0.5, 0.6) is 5.75 Å². The summed E-state index contributed by atoms with van der Waals surface area (Å²) in [6.45, 7) is 6.17. The number of carbonyl (C=O) groups is 1. The highest BCUT2D eigenvalue weighted by atomic mass is 32.2. The molecule has 1 aromatic heterocycles. The van der Waals surface area contributed by atoms with E-state index in [4.69, 9.17) is 9.26 Å². The highest BCUT2D eigenvalue weighted by molar-refractivity contribution is 7.89. The van der Waals surface area contributed by atoms with E-state index in [1.807, 2.05) is 32.9 Å². The summed E-state index contributed by atoms with van der Waals surface area (Å²) in [5.41, 5.74) is 1.62. The van der Waals surface area contributed by atoms with E-state index in [0.29, 0.717) is 36.1 Å². The molecule has 2 aromatic carbocycles. The number of aromatic nitrogens is 2. The second kappa shape index (κ2) is 11.8. The lowest BCUT2D eigenvalue weighted by molar-refractivity contribution is -0.118.